The SMILES string of the molecule is CC(C)C(NC(=O)OC(C)(C)C)C(=O)OCC1OC(=O)N2c3ccc(-c4ccc(-c5nnnn5C)nc4)cc3CC12. The third-order valence-corrected chi connectivity index (χ3v) is 6.91. The number of esters is 1. The molecule has 0 spiro atoms. The molecular weight excluding hydrogens is 530 g/mol. The maximum atomic E-state index is 12.9. The van der Waals surface area contributed by atoms with Crippen LogP contribution in [-0.4, -0.2) is 73.7 Å². The molecule has 1 saturated heterocycles. The van der Waals surface area contributed by atoms with Gasteiger partial charge in [-0.1, -0.05) is 26.0 Å². The van der Waals surface area contributed by atoms with Gasteiger partial charge in [-0.3, -0.25) is 9.88 Å². The number of amides is 2. The fraction of sp³-hybridized carbons (Fsp3) is 0.464. The summed E-state index contributed by atoms with van der Waals surface area (Å²) in [5.74, 6) is -0.296. The molecule has 0 radical (unpaired) electrons. The van der Waals surface area contributed by atoms with Gasteiger partial charge in [0.2, 0.25) is 0 Å². The smallest absolute Gasteiger partial charge is 0.415 e. The van der Waals surface area contributed by atoms with Gasteiger partial charge in [-0.15, -0.1) is 5.10 Å². The van der Waals surface area contributed by atoms with Crippen LogP contribution in [0.25, 0.3) is 22.6 Å². The maximum Gasteiger partial charge on any atom is 0.415 e. The van der Waals surface area contributed by atoms with E-state index in [9.17, 15) is 14.4 Å². The quantitative estimate of drug-likeness (QED) is 0.335. The Hall–Kier alpha value is -4.55. The number of cyclic esters (lactones) is 1. The first-order chi connectivity index (χ1) is 19.4. The average molecular weight is 564 g/mol. The minimum atomic E-state index is -0.911. The predicted octanol–water partition coefficient (Wildman–Crippen LogP) is 3.28. The number of rotatable bonds is 7. The molecule has 3 aromatic rings. The number of fused-ring (bicyclic) bond motifs is 3. The fourth-order valence-electron chi connectivity index (χ4n) is 4.93. The van der Waals surface area contributed by atoms with E-state index in [1.807, 2.05) is 30.3 Å². The molecule has 5 rings (SSSR count). The lowest BCUT2D eigenvalue weighted by molar-refractivity contribution is -0.150. The van der Waals surface area contributed by atoms with Crippen LogP contribution in [0.15, 0.2) is 36.5 Å². The highest BCUT2D eigenvalue weighted by atomic mass is 16.6. The number of nitrogens with one attached hydrogen (secondary N) is 1. The lowest BCUT2D eigenvalue weighted by atomic mass is 10.0. The van der Waals surface area contributed by atoms with Crippen molar-refractivity contribution in [2.45, 2.75) is 64.8 Å². The summed E-state index contributed by atoms with van der Waals surface area (Å²) >= 11 is 0. The molecule has 1 N–H and O–H groups in total. The number of hydrogen-bond acceptors (Lipinski definition) is 10. The Labute approximate surface area is 237 Å². The molecule has 2 aromatic heterocycles. The Morgan fingerprint density at radius 2 is 1.93 bits per heavy atom. The third kappa shape index (κ3) is 5.83. The number of hydrogen-bond donors (Lipinski definition) is 1. The highest BCUT2D eigenvalue weighted by Gasteiger charge is 2.48. The predicted molar refractivity (Wildman–Crippen MR) is 147 cm³/mol. The standard InChI is InChI=1S/C28H33N7O6/c1-15(2)23(30-26(37)41-28(3,4)5)25(36)39-14-22-21-12-18-11-16(8-10-20(18)35(21)27(38)40-22)17-7-9-19(29-13-17)24-31-32-33-34(24)6/h7-11,13,15,21-23H,12,14H2,1-6H3,(H,30,37). The molecule has 1 aromatic carbocycles. The molecule has 0 saturated carbocycles. The van der Waals surface area contributed by atoms with Crippen LogP contribution >= 0.6 is 0 Å². The van der Waals surface area contributed by atoms with Crippen molar-refractivity contribution in [3.8, 4) is 22.6 Å². The van der Waals surface area contributed by atoms with Crippen molar-refractivity contribution in [1.82, 2.24) is 30.5 Å². The van der Waals surface area contributed by atoms with Gasteiger partial charge in [0.05, 0.1) is 11.7 Å². The number of tetrazole rings is 1. The summed E-state index contributed by atoms with van der Waals surface area (Å²) < 4.78 is 17.9. The molecule has 2 aliphatic heterocycles. The molecule has 4 heterocycles. The van der Waals surface area contributed by atoms with Gasteiger partial charge in [-0.25, -0.2) is 19.1 Å². The van der Waals surface area contributed by atoms with Crippen LogP contribution in [0.1, 0.15) is 40.2 Å². The molecule has 13 heteroatoms. The first-order valence-corrected chi connectivity index (χ1v) is 13.4. The number of carbonyl (C=O) groups excluding carboxylic acids is 3. The molecule has 3 atom stereocenters. The van der Waals surface area contributed by atoms with Crippen molar-refractivity contribution in [2.75, 3.05) is 11.5 Å². The summed E-state index contributed by atoms with van der Waals surface area (Å²) in [6.45, 7) is 8.68. The Balaban J connectivity index is 1.24. The summed E-state index contributed by atoms with van der Waals surface area (Å²) in [6, 6.07) is 8.42. The van der Waals surface area contributed by atoms with Crippen molar-refractivity contribution < 1.29 is 28.6 Å². The monoisotopic (exact) mass is 563 g/mol. The largest absolute Gasteiger partial charge is 0.460 e. The second-order valence-electron chi connectivity index (χ2n) is 11.5. The van der Waals surface area contributed by atoms with Gasteiger partial charge in [0.1, 0.15) is 23.9 Å². The van der Waals surface area contributed by atoms with Crippen molar-refractivity contribution in [2.24, 2.45) is 13.0 Å². The molecule has 41 heavy (non-hydrogen) atoms. The minimum absolute atomic E-state index is 0.131. The average Bonchev–Trinajstić information content (AvgIpc) is 3.59. The first-order valence-electron chi connectivity index (χ1n) is 13.4. The normalized spacial score (nSPS) is 18.5. The summed E-state index contributed by atoms with van der Waals surface area (Å²) in [6.07, 6.45) is 0.450. The summed E-state index contributed by atoms with van der Waals surface area (Å²) in [5, 5.41) is 14.1. The number of aromatic nitrogens is 5. The number of anilines is 1. The van der Waals surface area contributed by atoms with Crippen LogP contribution in [0, 0.1) is 5.92 Å². The number of aryl methyl sites for hydroxylation is 1. The Morgan fingerprint density at radius 1 is 1.17 bits per heavy atom. The molecule has 0 bridgehead atoms. The lowest BCUT2D eigenvalue weighted by Gasteiger charge is -2.25. The van der Waals surface area contributed by atoms with Gasteiger partial charge in [-0.2, -0.15) is 0 Å². The number of alkyl carbamates (subject to hydrolysis) is 1. The van der Waals surface area contributed by atoms with Gasteiger partial charge in [0.15, 0.2) is 11.9 Å². The molecular formula is C28H33N7O6. The van der Waals surface area contributed by atoms with Crippen LogP contribution in [-0.2, 0) is 32.5 Å². The Kier molecular flexibility index (Phi) is 7.37. The van der Waals surface area contributed by atoms with Crippen LogP contribution < -0.4 is 10.2 Å². The fourth-order valence-corrected chi connectivity index (χ4v) is 4.93. The minimum Gasteiger partial charge on any atom is -0.460 e. The Bertz CT molecular complexity index is 1460. The first kappa shape index (κ1) is 28.0. The van der Waals surface area contributed by atoms with E-state index in [-0.39, 0.29) is 18.6 Å². The van der Waals surface area contributed by atoms with Crippen LogP contribution in [0.3, 0.4) is 0 Å². The Morgan fingerprint density at radius 3 is 2.56 bits per heavy atom. The highest BCUT2D eigenvalue weighted by Crippen LogP contribution is 2.40. The second kappa shape index (κ2) is 10.8. The molecule has 1 fully saturated rings. The van der Waals surface area contributed by atoms with Gasteiger partial charge >= 0.3 is 18.2 Å². The molecule has 2 aliphatic rings. The van der Waals surface area contributed by atoms with E-state index in [0.29, 0.717) is 17.9 Å². The molecule has 216 valence electrons. The van der Waals surface area contributed by atoms with Gasteiger partial charge < -0.3 is 19.5 Å². The second-order valence-corrected chi connectivity index (χ2v) is 11.5. The van der Waals surface area contributed by atoms with Crippen molar-refractivity contribution in [3.05, 3.63) is 42.1 Å². The molecule has 2 amide bonds. The maximum absolute atomic E-state index is 12.9. The number of pyridine rings is 1. The zero-order chi connectivity index (χ0) is 29.5. The summed E-state index contributed by atoms with van der Waals surface area (Å²) in [5.41, 5.74) is 3.55. The number of benzene rings is 1. The van der Waals surface area contributed by atoms with Crippen LogP contribution in [0.5, 0.6) is 0 Å². The van der Waals surface area contributed by atoms with Crippen molar-refractivity contribution in [1.29, 1.82) is 0 Å². The van der Waals surface area contributed by atoms with E-state index in [0.717, 1.165) is 22.4 Å². The lowest BCUT2D eigenvalue weighted by Crippen LogP contribution is -2.48. The number of carbonyl (C=O) groups is 3. The molecule has 13 nitrogen and oxygen atoms in total. The topological polar surface area (TPSA) is 151 Å². The van der Waals surface area contributed by atoms with E-state index in [1.165, 1.54) is 0 Å². The third-order valence-electron chi connectivity index (χ3n) is 6.91. The van der Waals surface area contributed by atoms with Gasteiger partial charge in [0, 0.05) is 18.8 Å². The molecule has 3 unspecified atom stereocenters. The van der Waals surface area contributed by atoms with Crippen LogP contribution in [0.4, 0.5) is 15.3 Å². The van der Waals surface area contributed by atoms with E-state index >= 15 is 0 Å². The number of nitrogens with zero attached hydrogens (tertiary/aromatic N) is 6. The van der Waals surface area contributed by atoms with E-state index in [4.69, 9.17) is 14.2 Å². The summed E-state index contributed by atoms with van der Waals surface area (Å²) in [4.78, 5) is 44.0. The van der Waals surface area contributed by atoms with Crippen molar-refractivity contribution >= 4 is 23.8 Å². The van der Waals surface area contributed by atoms with E-state index in [2.05, 4.69) is 25.8 Å². The van der Waals surface area contributed by atoms with Gasteiger partial charge in [0.25, 0.3) is 0 Å². The van der Waals surface area contributed by atoms with Crippen LogP contribution in [0.2, 0.25) is 0 Å². The highest BCUT2D eigenvalue weighted by molar-refractivity contribution is 5.94. The zero-order valence-electron chi connectivity index (χ0n) is 23.8. The van der Waals surface area contributed by atoms with E-state index < -0.39 is 35.9 Å². The van der Waals surface area contributed by atoms with Gasteiger partial charge in [-0.05, 0) is 72.9 Å². The number of ether oxygens (including phenoxy) is 3. The molecule has 0 aliphatic carbocycles. The van der Waals surface area contributed by atoms with Crippen molar-refractivity contribution in [3.63, 3.8) is 0 Å². The zero-order valence-corrected chi connectivity index (χ0v) is 23.8. The summed E-state index contributed by atoms with van der Waals surface area (Å²) in [7, 11) is 1.75. The van der Waals surface area contributed by atoms with E-state index in [1.54, 1.807) is 57.4 Å².